The van der Waals surface area contributed by atoms with Gasteiger partial charge in [-0.15, -0.1) is 11.3 Å². The molecule has 0 spiro atoms. The first-order valence-electron chi connectivity index (χ1n) is 21.4. The normalized spacial score (nSPS) is 11.9. The Morgan fingerprint density at radius 2 is 1.19 bits per heavy atom. The molecule has 0 saturated heterocycles. The second-order valence-corrected chi connectivity index (χ2v) is 17.1. The van der Waals surface area contributed by atoms with E-state index in [0.717, 1.165) is 89.1 Å². The first-order valence-corrected chi connectivity index (χ1v) is 22.2. The lowest BCUT2D eigenvalue weighted by atomic mass is 9.98. The van der Waals surface area contributed by atoms with E-state index in [1.54, 1.807) is 0 Å². The van der Waals surface area contributed by atoms with Crippen molar-refractivity contribution in [2.45, 2.75) is 6.92 Å². The molecule has 0 aliphatic heterocycles. The van der Waals surface area contributed by atoms with Gasteiger partial charge in [-0.1, -0.05) is 140 Å². The molecular formula is C59H40N2OS. The van der Waals surface area contributed by atoms with Crippen LogP contribution >= 0.6 is 11.3 Å². The lowest BCUT2D eigenvalue weighted by Crippen LogP contribution is -2.09. The van der Waals surface area contributed by atoms with Crippen LogP contribution in [0.2, 0.25) is 0 Å². The lowest BCUT2D eigenvalue weighted by molar-refractivity contribution is 0.673. The number of nitrogens with zero attached hydrogens (tertiary/aromatic N) is 2. The first-order chi connectivity index (χ1) is 31.2. The van der Waals surface area contributed by atoms with Crippen molar-refractivity contribution in [1.82, 2.24) is 4.57 Å². The quantitative estimate of drug-likeness (QED) is 0.152. The number of para-hydroxylation sites is 2. The van der Waals surface area contributed by atoms with Crippen molar-refractivity contribution in [3.63, 3.8) is 0 Å². The third-order valence-corrected chi connectivity index (χ3v) is 13.7. The van der Waals surface area contributed by atoms with Crippen LogP contribution in [0.5, 0.6) is 0 Å². The van der Waals surface area contributed by atoms with Gasteiger partial charge in [-0.3, -0.25) is 0 Å². The molecule has 0 unspecified atom stereocenters. The molecule has 0 amide bonds. The maximum atomic E-state index is 6.56. The molecule has 0 saturated carbocycles. The molecule has 0 fully saturated rings. The lowest BCUT2D eigenvalue weighted by Gasteiger charge is -2.26. The van der Waals surface area contributed by atoms with Gasteiger partial charge in [0.25, 0.3) is 0 Å². The number of allylic oxidation sites excluding steroid dienone is 1. The van der Waals surface area contributed by atoms with E-state index in [4.69, 9.17) is 4.42 Å². The van der Waals surface area contributed by atoms with E-state index >= 15 is 0 Å². The van der Waals surface area contributed by atoms with Crippen LogP contribution in [0.25, 0.3) is 104 Å². The van der Waals surface area contributed by atoms with Crippen molar-refractivity contribution >= 4 is 104 Å². The average molecular weight is 825 g/mol. The van der Waals surface area contributed by atoms with E-state index in [0.29, 0.717) is 0 Å². The van der Waals surface area contributed by atoms with Gasteiger partial charge in [-0.05, 0) is 108 Å². The predicted molar refractivity (Wildman–Crippen MR) is 271 cm³/mol. The molecular weight excluding hydrogens is 785 g/mol. The van der Waals surface area contributed by atoms with Crippen molar-refractivity contribution in [3.8, 4) is 27.9 Å². The summed E-state index contributed by atoms with van der Waals surface area (Å²) in [7, 11) is 0. The van der Waals surface area contributed by atoms with Gasteiger partial charge in [0.15, 0.2) is 0 Å². The van der Waals surface area contributed by atoms with E-state index in [9.17, 15) is 0 Å². The maximum absolute atomic E-state index is 6.56. The summed E-state index contributed by atoms with van der Waals surface area (Å²) in [5, 5.41) is 8.31. The zero-order valence-electron chi connectivity index (χ0n) is 34.6. The second kappa shape index (κ2) is 14.9. The third-order valence-electron chi connectivity index (χ3n) is 12.5. The minimum atomic E-state index is 0.895. The maximum Gasteiger partial charge on any atom is 0.143 e. The summed E-state index contributed by atoms with van der Waals surface area (Å²) in [4.78, 5) is 2.38. The number of furan rings is 1. The fourth-order valence-electron chi connectivity index (χ4n) is 9.67. The van der Waals surface area contributed by atoms with E-state index < -0.39 is 0 Å². The molecule has 0 bridgehead atoms. The van der Waals surface area contributed by atoms with Gasteiger partial charge < -0.3 is 13.9 Å². The summed E-state index contributed by atoms with van der Waals surface area (Å²) in [6.07, 6.45) is 6.27. The number of hydrogen-bond acceptors (Lipinski definition) is 3. The minimum Gasteiger partial charge on any atom is -0.455 e. The Morgan fingerprint density at radius 1 is 0.540 bits per heavy atom. The fraction of sp³-hybridized carbons (Fsp3) is 0.0169. The molecule has 4 heteroatoms. The van der Waals surface area contributed by atoms with E-state index in [1.165, 1.54) is 30.9 Å². The molecule has 12 aromatic rings. The summed E-state index contributed by atoms with van der Waals surface area (Å²) in [6.45, 7) is 6.28. The number of benzene rings is 9. The van der Waals surface area contributed by atoms with Crippen LogP contribution in [0.4, 0.5) is 17.1 Å². The third kappa shape index (κ3) is 5.94. The van der Waals surface area contributed by atoms with Crippen LogP contribution in [-0.2, 0) is 0 Å². The predicted octanol–water partition coefficient (Wildman–Crippen LogP) is 17.5. The van der Waals surface area contributed by atoms with Gasteiger partial charge in [0, 0.05) is 69.9 Å². The van der Waals surface area contributed by atoms with Crippen LogP contribution in [0, 0.1) is 0 Å². The summed E-state index contributed by atoms with van der Waals surface area (Å²) < 4.78 is 11.5. The van der Waals surface area contributed by atoms with Crippen molar-refractivity contribution in [2.24, 2.45) is 0 Å². The number of rotatable bonds is 8. The monoisotopic (exact) mass is 824 g/mol. The molecule has 298 valence electrons. The summed E-state index contributed by atoms with van der Waals surface area (Å²) in [5.41, 5.74) is 14.2. The Balaban J connectivity index is 0.987. The Bertz CT molecular complexity index is 3770. The van der Waals surface area contributed by atoms with E-state index in [1.807, 2.05) is 17.4 Å². The Hall–Kier alpha value is -7.92. The Kier molecular flexibility index (Phi) is 8.73. The number of fused-ring (bicyclic) bond motifs is 9. The van der Waals surface area contributed by atoms with Crippen LogP contribution < -0.4 is 4.90 Å². The smallest absolute Gasteiger partial charge is 0.143 e. The highest BCUT2D eigenvalue weighted by molar-refractivity contribution is 7.25. The van der Waals surface area contributed by atoms with Crippen molar-refractivity contribution in [3.05, 3.63) is 218 Å². The first kappa shape index (κ1) is 36.9. The van der Waals surface area contributed by atoms with Gasteiger partial charge >= 0.3 is 0 Å². The standard InChI is InChI=1S/C59H40N2OS/c1-3-14-52-44(4-2)48-18-8-11-22-54(48)61(52)53-21-10-7-16-45(53)39-25-30-41(31-26-39)60(43-34-36-57-51(37-43)49-19-9-12-24-56(49)63-57)42-32-27-40(28-33-42)46-20-13-23-55-58(46)50-35-29-38-15-5-6-17-47(38)59(50)62-55/h3-37H,2H2,1H3/b14-3-. The number of anilines is 3. The Morgan fingerprint density at radius 3 is 1.98 bits per heavy atom. The molecule has 3 aromatic heterocycles. The summed E-state index contributed by atoms with van der Waals surface area (Å²) in [5.74, 6) is 0. The highest BCUT2D eigenvalue weighted by Crippen LogP contribution is 2.44. The average Bonchev–Trinajstić information content (AvgIpc) is 4.02. The molecule has 0 aliphatic carbocycles. The largest absolute Gasteiger partial charge is 0.455 e. The molecule has 63 heavy (non-hydrogen) atoms. The summed E-state index contributed by atoms with van der Waals surface area (Å²) >= 11 is 1.84. The zero-order chi connectivity index (χ0) is 42.0. The fourth-order valence-corrected chi connectivity index (χ4v) is 10.8. The molecule has 9 aromatic carbocycles. The molecule has 0 radical (unpaired) electrons. The minimum absolute atomic E-state index is 0.895. The summed E-state index contributed by atoms with van der Waals surface area (Å²) in [6, 6.07) is 70.2. The molecule has 3 nitrogen and oxygen atoms in total. The topological polar surface area (TPSA) is 21.3 Å². The molecule has 12 rings (SSSR count). The molecule has 3 heterocycles. The van der Waals surface area contributed by atoms with Gasteiger partial charge in [0.1, 0.15) is 11.2 Å². The van der Waals surface area contributed by atoms with Gasteiger partial charge in [-0.25, -0.2) is 0 Å². The van der Waals surface area contributed by atoms with E-state index in [2.05, 4.69) is 229 Å². The molecule has 0 aliphatic rings. The highest BCUT2D eigenvalue weighted by Gasteiger charge is 2.20. The molecule has 0 atom stereocenters. The van der Waals surface area contributed by atoms with E-state index in [-0.39, 0.29) is 0 Å². The van der Waals surface area contributed by atoms with Crippen LogP contribution in [0.15, 0.2) is 211 Å². The zero-order valence-corrected chi connectivity index (χ0v) is 35.4. The van der Waals surface area contributed by atoms with Gasteiger partial charge in [0.05, 0.1) is 16.9 Å². The van der Waals surface area contributed by atoms with Gasteiger partial charge in [-0.2, -0.15) is 0 Å². The van der Waals surface area contributed by atoms with Crippen LogP contribution in [-0.4, -0.2) is 4.57 Å². The van der Waals surface area contributed by atoms with Crippen LogP contribution in [0.1, 0.15) is 18.2 Å². The van der Waals surface area contributed by atoms with Crippen molar-refractivity contribution in [1.29, 1.82) is 0 Å². The highest BCUT2D eigenvalue weighted by atomic mass is 32.1. The molecule has 0 N–H and O–H groups in total. The van der Waals surface area contributed by atoms with Crippen molar-refractivity contribution < 1.29 is 4.42 Å². The number of aromatic nitrogens is 1. The second-order valence-electron chi connectivity index (χ2n) is 16.0. The van der Waals surface area contributed by atoms with Crippen LogP contribution in [0.3, 0.4) is 0 Å². The number of thiophene rings is 1. The van der Waals surface area contributed by atoms with Crippen molar-refractivity contribution in [2.75, 3.05) is 4.90 Å². The SMILES string of the molecule is C=Cc1c(/C=C\C)n(-c2ccccc2-c2ccc(N(c3ccc(-c4cccc5oc6c7ccccc7ccc6c45)cc3)c3ccc4sc5ccccc5c4c3)cc2)c2ccccc12. The Labute approximate surface area is 369 Å². The number of hydrogen-bond donors (Lipinski definition) is 0. The van der Waals surface area contributed by atoms with Gasteiger partial charge in [0.2, 0.25) is 0 Å².